The molecule has 1 aliphatic rings. The maximum atomic E-state index is 10.4. The molecule has 0 spiro atoms. The topological polar surface area (TPSA) is 50.9 Å². The van der Waals surface area contributed by atoms with E-state index < -0.39 is 5.60 Å². The fourth-order valence-corrected chi connectivity index (χ4v) is 2.29. The summed E-state index contributed by atoms with van der Waals surface area (Å²) < 4.78 is 1.68. The Hall–Kier alpha value is -0.900. The lowest BCUT2D eigenvalue weighted by molar-refractivity contribution is -0.00746. The highest BCUT2D eigenvalue weighted by atomic mass is 16.3. The molecule has 0 amide bonds. The van der Waals surface area contributed by atoms with Gasteiger partial charge in [0.25, 0.3) is 0 Å². The predicted molar refractivity (Wildman–Crippen MR) is 57.3 cm³/mol. The SMILES string of the molecule is CC1CCC(O)(Cc2cn(C)nn2)CC1. The summed E-state index contributed by atoms with van der Waals surface area (Å²) in [5, 5.41) is 18.3. The third-order valence-electron chi connectivity index (χ3n) is 3.37. The number of hydrogen-bond acceptors (Lipinski definition) is 3. The first-order chi connectivity index (χ1) is 7.07. The normalized spacial score (nSPS) is 31.8. The van der Waals surface area contributed by atoms with Crippen LogP contribution in [0.1, 0.15) is 38.3 Å². The lowest BCUT2D eigenvalue weighted by atomic mass is 9.77. The average molecular weight is 209 g/mol. The molecule has 0 radical (unpaired) electrons. The van der Waals surface area contributed by atoms with Crippen LogP contribution in [0.5, 0.6) is 0 Å². The van der Waals surface area contributed by atoms with E-state index in [1.165, 1.54) is 0 Å². The van der Waals surface area contributed by atoms with E-state index in [2.05, 4.69) is 17.2 Å². The fourth-order valence-electron chi connectivity index (χ4n) is 2.29. The van der Waals surface area contributed by atoms with Crippen molar-refractivity contribution in [2.24, 2.45) is 13.0 Å². The van der Waals surface area contributed by atoms with E-state index in [0.717, 1.165) is 37.3 Å². The van der Waals surface area contributed by atoms with Crippen LogP contribution in [0.25, 0.3) is 0 Å². The molecular formula is C11H19N3O. The summed E-state index contributed by atoms with van der Waals surface area (Å²) in [6.45, 7) is 2.25. The van der Waals surface area contributed by atoms with E-state index in [1.807, 2.05) is 13.2 Å². The second-order valence-corrected chi connectivity index (χ2v) is 4.97. The highest BCUT2D eigenvalue weighted by Gasteiger charge is 2.32. The quantitative estimate of drug-likeness (QED) is 0.798. The van der Waals surface area contributed by atoms with Crippen molar-refractivity contribution < 1.29 is 5.11 Å². The summed E-state index contributed by atoms with van der Waals surface area (Å²) in [5.41, 5.74) is 0.359. The minimum absolute atomic E-state index is 0.539. The molecule has 1 aromatic heterocycles. The number of aromatic nitrogens is 3. The molecule has 1 fully saturated rings. The molecule has 1 N–H and O–H groups in total. The molecule has 1 heterocycles. The van der Waals surface area contributed by atoms with Gasteiger partial charge in [0.15, 0.2) is 0 Å². The first-order valence-corrected chi connectivity index (χ1v) is 5.65. The standard InChI is InChI=1S/C11H19N3O/c1-9-3-5-11(15,6-4-9)7-10-8-14(2)13-12-10/h8-9,15H,3-7H2,1-2H3. The van der Waals surface area contributed by atoms with Crippen molar-refractivity contribution in [2.75, 3.05) is 0 Å². The Labute approximate surface area is 90.3 Å². The van der Waals surface area contributed by atoms with Crippen LogP contribution < -0.4 is 0 Å². The first-order valence-electron chi connectivity index (χ1n) is 5.65. The molecular weight excluding hydrogens is 190 g/mol. The number of aliphatic hydroxyl groups is 1. The lowest BCUT2D eigenvalue weighted by Crippen LogP contribution is -2.35. The third kappa shape index (κ3) is 2.56. The van der Waals surface area contributed by atoms with Crippen LogP contribution >= 0.6 is 0 Å². The molecule has 0 unspecified atom stereocenters. The monoisotopic (exact) mass is 209 g/mol. The Morgan fingerprint density at radius 1 is 1.53 bits per heavy atom. The van der Waals surface area contributed by atoms with Crippen molar-refractivity contribution in [1.29, 1.82) is 0 Å². The molecule has 0 aliphatic heterocycles. The van der Waals surface area contributed by atoms with Crippen molar-refractivity contribution in [2.45, 2.75) is 44.6 Å². The van der Waals surface area contributed by atoms with Gasteiger partial charge in [0, 0.05) is 19.7 Å². The van der Waals surface area contributed by atoms with Gasteiger partial charge in [-0.3, -0.25) is 4.68 Å². The summed E-state index contributed by atoms with van der Waals surface area (Å²) in [7, 11) is 1.85. The molecule has 0 bridgehead atoms. The summed E-state index contributed by atoms with van der Waals surface area (Å²) in [6.07, 6.45) is 6.56. The van der Waals surface area contributed by atoms with E-state index in [1.54, 1.807) is 4.68 Å². The molecule has 84 valence electrons. The zero-order valence-corrected chi connectivity index (χ0v) is 9.48. The smallest absolute Gasteiger partial charge is 0.0855 e. The van der Waals surface area contributed by atoms with Crippen LogP contribution in [0.2, 0.25) is 0 Å². The zero-order chi connectivity index (χ0) is 10.9. The molecule has 0 saturated heterocycles. The zero-order valence-electron chi connectivity index (χ0n) is 9.48. The molecule has 0 aromatic carbocycles. The molecule has 1 aromatic rings. The molecule has 4 heteroatoms. The van der Waals surface area contributed by atoms with Gasteiger partial charge in [0.05, 0.1) is 11.3 Å². The van der Waals surface area contributed by atoms with Crippen LogP contribution in [0, 0.1) is 5.92 Å². The van der Waals surface area contributed by atoms with Crippen molar-refractivity contribution in [3.63, 3.8) is 0 Å². The van der Waals surface area contributed by atoms with E-state index in [0.29, 0.717) is 6.42 Å². The van der Waals surface area contributed by atoms with Crippen molar-refractivity contribution >= 4 is 0 Å². The number of rotatable bonds is 2. The van der Waals surface area contributed by atoms with Crippen molar-refractivity contribution in [1.82, 2.24) is 15.0 Å². The van der Waals surface area contributed by atoms with Gasteiger partial charge < -0.3 is 5.11 Å². The summed E-state index contributed by atoms with van der Waals surface area (Å²) in [5.74, 6) is 0.757. The maximum absolute atomic E-state index is 10.4. The van der Waals surface area contributed by atoms with Crippen molar-refractivity contribution in [3.05, 3.63) is 11.9 Å². The third-order valence-corrected chi connectivity index (χ3v) is 3.37. The van der Waals surface area contributed by atoms with Crippen LogP contribution in [0.3, 0.4) is 0 Å². The second-order valence-electron chi connectivity index (χ2n) is 4.97. The summed E-state index contributed by atoms with van der Waals surface area (Å²) >= 11 is 0. The van der Waals surface area contributed by atoms with E-state index in [-0.39, 0.29) is 0 Å². The Morgan fingerprint density at radius 3 is 2.73 bits per heavy atom. The van der Waals surface area contributed by atoms with Crippen molar-refractivity contribution in [3.8, 4) is 0 Å². The minimum Gasteiger partial charge on any atom is -0.389 e. The fraction of sp³-hybridized carbons (Fsp3) is 0.818. The molecule has 1 aliphatic carbocycles. The van der Waals surface area contributed by atoms with Gasteiger partial charge in [-0.1, -0.05) is 12.1 Å². The van der Waals surface area contributed by atoms with Crippen LogP contribution in [0.4, 0.5) is 0 Å². The van der Waals surface area contributed by atoms with E-state index in [4.69, 9.17) is 0 Å². The van der Waals surface area contributed by atoms with Gasteiger partial charge in [0.1, 0.15) is 0 Å². The van der Waals surface area contributed by atoms with Crippen LogP contribution in [-0.4, -0.2) is 25.7 Å². The molecule has 0 atom stereocenters. The van der Waals surface area contributed by atoms with E-state index in [9.17, 15) is 5.11 Å². The Bertz CT molecular complexity index is 326. The summed E-state index contributed by atoms with van der Waals surface area (Å²) in [6, 6.07) is 0. The maximum Gasteiger partial charge on any atom is 0.0855 e. The van der Waals surface area contributed by atoms with Gasteiger partial charge >= 0.3 is 0 Å². The van der Waals surface area contributed by atoms with Gasteiger partial charge in [-0.25, -0.2) is 0 Å². The highest BCUT2D eigenvalue weighted by Crippen LogP contribution is 2.33. The van der Waals surface area contributed by atoms with Gasteiger partial charge in [0.2, 0.25) is 0 Å². The second kappa shape index (κ2) is 3.93. The average Bonchev–Trinajstić information content (AvgIpc) is 2.57. The molecule has 15 heavy (non-hydrogen) atoms. The highest BCUT2D eigenvalue weighted by molar-refractivity contribution is 5.00. The van der Waals surface area contributed by atoms with Gasteiger partial charge in [-0.05, 0) is 31.6 Å². The number of aryl methyl sites for hydroxylation is 1. The minimum atomic E-state index is -0.539. The number of nitrogens with zero attached hydrogens (tertiary/aromatic N) is 3. The van der Waals surface area contributed by atoms with Crippen LogP contribution in [-0.2, 0) is 13.5 Å². The number of hydrogen-bond donors (Lipinski definition) is 1. The predicted octanol–water partition coefficient (Wildman–Crippen LogP) is 1.30. The molecule has 2 rings (SSSR count). The van der Waals surface area contributed by atoms with E-state index >= 15 is 0 Å². The largest absolute Gasteiger partial charge is 0.389 e. The Kier molecular flexibility index (Phi) is 2.78. The Morgan fingerprint density at radius 2 is 2.20 bits per heavy atom. The van der Waals surface area contributed by atoms with Gasteiger partial charge in [-0.2, -0.15) is 0 Å². The summed E-state index contributed by atoms with van der Waals surface area (Å²) in [4.78, 5) is 0. The molecule has 1 saturated carbocycles. The van der Waals surface area contributed by atoms with Gasteiger partial charge in [-0.15, -0.1) is 5.10 Å². The van der Waals surface area contributed by atoms with Crippen LogP contribution in [0.15, 0.2) is 6.20 Å². The lowest BCUT2D eigenvalue weighted by Gasteiger charge is -2.34. The first kappa shape index (κ1) is 10.6. The Balaban J connectivity index is 1.99. The molecule has 4 nitrogen and oxygen atoms in total.